The van der Waals surface area contributed by atoms with E-state index >= 15 is 0 Å². The van der Waals surface area contributed by atoms with Gasteiger partial charge in [0.15, 0.2) is 0 Å². The summed E-state index contributed by atoms with van der Waals surface area (Å²) < 4.78 is 0. The second kappa shape index (κ2) is 4.57. The number of anilines is 2. The van der Waals surface area contributed by atoms with Gasteiger partial charge in [-0.25, -0.2) is 0 Å². The van der Waals surface area contributed by atoms with Crippen LogP contribution in [0.25, 0.3) is 0 Å². The second-order valence-corrected chi connectivity index (χ2v) is 5.21. The Labute approximate surface area is 119 Å². The van der Waals surface area contributed by atoms with Crippen LogP contribution in [-0.2, 0) is 0 Å². The van der Waals surface area contributed by atoms with E-state index < -0.39 is 0 Å². The Balaban J connectivity index is 1.75. The summed E-state index contributed by atoms with van der Waals surface area (Å²) in [5.74, 6) is 1.18. The molecule has 0 radical (unpaired) electrons. The van der Waals surface area contributed by atoms with Crippen LogP contribution in [0.2, 0.25) is 0 Å². The zero-order valence-electron chi connectivity index (χ0n) is 11.2. The maximum absolute atomic E-state index is 3.56. The number of benzene rings is 1. The molecule has 1 heterocycles. The molecule has 0 fully saturated rings. The Kier molecular flexibility index (Phi) is 2.59. The zero-order chi connectivity index (χ0) is 13.4. The first-order valence-corrected chi connectivity index (χ1v) is 6.99. The lowest BCUT2D eigenvalue weighted by molar-refractivity contribution is 0.975. The monoisotopic (exact) mass is 260 g/mol. The maximum Gasteiger partial charge on any atom is 0.118 e. The number of allylic oxidation sites excluding steroid dienone is 8. The van der Waals surface area contributed by atoms with Gasteiger partial charge in [0, 0.05) is 12.1 Å². The van der Waals surface area contributed by atoms with Crippen LogP contribution in [0.5, 0.6) is 0 Å². The van der Waals surface area contributed by atoms with Gasteiger partial charge in [0.05, 0.1) is 11.4 Å². The molecule has 2 nitrogen and oxygen atoms in total. The van der Waals surface area contributed by atoms with Crippen molar-refractivity contribution < 1.29 is 0 Å². The van der Waals surface area contributed by atoms with Gasteiger partial charge in [0.1, 0.15) is 5.82 Å². The van der Waals surface area contributed by atoms with Crippen LogP contribution in [0.15, 0.2) is 83.8 Å². The fourth-order valence-corrected chi connectivity index (χ4v) is 2.87. The Morgan fingerprint density at radius 3 is 2.70 bits per heavy atom. The topological polar surface area (TPSA) is 15.3 Å². The summed E-state index contributed by atoms with van der Waals surface area (Å²) in [5, 5.41) is 3.56. The van der Waals surface area contributed by atoms with Gasteiger partial charge >= 0.3 is 0 Å². The summed E-state index contributed by atoms with van der Waals surface area (Å²) in [4.78, 5) is 2.38. The van der Waals surface area contributed by atoms with Gasteiger partial charge in [-0.1, -0.05) is 54.7 Å². The number of fused-ring (bicyclic) bond motifs is 1. The predicted molar refractivity (Wildman–Crippen MR) is 84.6 cm³/mol. The average Bonchev–Trinajstić information content (AvgIpc) is 3.19. The lowest BCUT2D eigenvalue weighted by Crippen LogP contribution is -2.24. The highest BCUT2D eigenvalue weighted by molar-refractivity contribution is 5.82. The maximum atomic E-state index is 3.56. The highest BCUT2D eigenvalue weighted by Crippen LogP contribution is 2.39. The average molecular weight is 260 g/mol. The van der Waals surface area contributed by atoms with Crippen LogP contribution >= 0.6 is 0 Å². The summed E-state index contributed by atoms with van der Waals surface area (Å²) in [6.45, 7) is 0.942. The van der Waals surface area contributed by atoms with Crippen molar-refractivity contribution >= 4 is 11.4 Å². The van der Waals surface area contributed by atoms with Crippen LogP contribution in [0.3, 0.4) is 0 Å². The molecule has 0 amide bonds. The quantitative estimate of drug-likeness (QED) is 0.859. The molecule has 98 valence electrons. The standard InChI is InChI=1S/C18H16N2/c1-2-8-14(7-1)13-20-17-12-6-5-11-16(17)19-18(20)15-9-3-4-10-15/h1-7,9-12,19H,8,13H2. The number of hydrogen-bond donors (Lipinski definition) is 1. The van der Waals surface area contributed by atoms with Crippen LogP contribution < -0.4 is 10.2 Å². The summed E-state index contributed by atoms with van der Waals surface area (Å²) in [5.41, 5.74) is 5.15. The molecule has 0 atom stereocenters. The minimum atomic E-state index is 0.942. The lowest BCUT2D eigenvalue weighted by atomic mass is 10.2. The molecule has 1 aromatic carbocycles. The number of para-hydroxylation sites is 2. The molecule has 0 saturated heterocycles. The summed E-state index contributed by atoms with van der Waals surface area (Å²) in [7, 11) is 0. The van der Waals surface area contributed by atoms with Crippen LogP contribution in [-0.4, -0.2) is 6.54 Å². The molecule has 1 aliphatic heterocycles. The SMILES string of the molecule is C1=CCC(CN2C(=C3C=CC=C3)Nc3ccccc32)=C1. The van der Waals surface area contributed by atoms with Crippen LogP contribution in [0, 0.1) is 0 Å². The van der Waals surface area contributed by atoms with E-state index in [1.807, 2.05) is 0 Å². The molecule has 1 N–H and O–H groups in total. The minimum Gasteiger partial charge on any atom is -0.339 e. The minimum absolute atomic E-state index is 0.942. The van der Waals surface area contributed by atoms with E-state index in [-0.39, 0.29) is 0 Å². The van der Waals surface area contributed by atoms with Crippen molar-refractivity contribution in [2.24, 2.45) is 0 Å². The molecule has 0 saturated carbocycles. The van der Waals surface area contributed by atoms with E-state index in [4.69, 9.17) is 0 Å². The number of nitrogens with zero attached hydrogens (tertiary/aromatic N) is 1. The molecule has 2 aliphatic carbocycles. The van der Waals surface area contributed by atoms with E-state index in [9.17, 15) is 0 Å². The fraction of sp³-hybridized carbons (Fsp3) is 0.111. The van der Waals surface area contributed by atoms with Crippen LogP contribution in [0.4, 0.5) is 11.4 Å². The first-order valence-electron chi connectivity index (χ1n) is 6.99. The van der Waals surface area contributed by atoms with Gasteiger partial charge in [-0.15, -0.1) is 0 Å². The predicted octanol–water partition coefficient (Wildman–Crippen LogP) is 4.14. The molecular weight excluding hydrogens is 244 g/mol. The van der Waals surface area contributed by atoms with E-state index in [0.717, 1.165) is 13.0 Å². The van der Waals surface area contributed by atoms with Crippen molar-refractivity contribution in [3.63, 3.8) is 0 Å². The molecule has 3 aliphatic rings. The van der Waals surface area contributed by atoms with Crippen molar-refractivity contribution in [3.05, 3.63) is 83.8 Å². The highest BCUT2D eigenvalue weighted by Gasteiger charge is 2.26. The molecular formula is C18H16N2. The van der Waals surface area contributed by atoms with E-state index in [1.54, 1.807) is 0 Å². The largest absolute Gasteiger partial charge is 0.339 e. The van der Waals surface area contributed by atoms with E-state index in [2.05, 4.69) is 77.0 Å². The van der Waals surface area contributed by atoms with E-state index in [1.165, 1.54) is 28.3 Å². The number of rotatable bonds is 2. The summed E-state index contributed by atoms with van der Waals surface area (Å²) in [6, 6.07) is 8.50. The first-order chi connectivity index (χ1) is 9.92. The Hall–Kier alpha value is -2.48. The van der Waals surface area contributed by atoms with Gasteiger partial charge in [-0.2, -0.15) is 0 Å². The third kappa shape index (κ3) is 1.81. The second-order valence-electron chi connectivity index (χ2n) is 5.21. The number of hydrogen-bond acceptors (Lipinski definition) is 2. The molecule has 20 heavy (non-hydrogen) atoms. The van der Waals surface area contributed by atoms with Crippen molar-refractivity contribution in [1.82, 2.24) is 0 Å². The van der Waals surface area contributed by atoms with Crippen molar-refractivity contribution in [2.45, 2.75) is 6.42 Å². The first kappa shape index (κ1) is 11.4. The molecule has 0 unspecified atom stereocenters. The van der Waals surface area contributed by atoms with Crippen LogP contribution in [0.1, 0.15) is 6.42 Å². The van der Waals surface area contributed by atoms with E-state index in [0.29, 0.717) is 0 Å². The van der Waals surface area contributed by atoms with Gasteiger partial charge in [0.2, 0.25) is 0 Å². The van der Waals surface area contributed by atoms with Crippen molar-refractivity contribution in [2.75, 3.05) is 16.8 Å². The third-order valence-corrected chi connectivity index (χ3v) is 3.86. The third-order valence-electron chi connectivity index (χ3n) is 3.86. The Bertz CT molecular complexity index is 688. The molecule has 2 heteroatoms. The van der Waals surface area contributed by atoms with Gasteiger partial charge in [-0.3, -0.25) is 0 Å². The zero-order valence-corrected chi connectivity index (χ0v) is 11.2. The van der Waals surface area contributed by atoms with Crippen molar-refractivity contribution in [3.8, 4) is 0 Å². The smallest absolute Gasteiger partial charge is 0.118 e. The summed E-state index contributed by atoms with van der Waals surface area (Å²) in [6.07, 6.45) is 16.1. The molecule has 0 aromatic heterocycles. The fourth-order valence-electron chi connectivity index (χ4n) is 2.87. The molecule has 4 rings (SSSR count). The number of nitrogens with one attached hydrogen (secondary N) is 1. The highest BCUT2D eigenvalue weighted by atomic mass is 15.3. The molecule has 0 spiro atoms. The van der Waals surface area contributed by atoms with Gasteiger partial charge in [-0.05, 0) is 24.1 Å². The Morgan fingerprint density at radius 1 is 1.05 bits per heavy atom. The molecule has 1 aromatic rings. The Morgan fingerprint density at radius 2 is 1.90 bits per heavy atom. The van der Waals surface area contributed by atoms with Gasteiger partial charge in [0.25, 0.3) is 0 Å². The molecule has 0 bridgehead atoms. The van der Waals surface area contributed by atoms with Crippen molar-refractivity contribution in [1.29, 1.82) is 0 Å². The summed E-state index contributed by atoms with van der Waals surface area (Å²) >= 11 is 0. The van der Waals surface area contributed by atoms with Gasteiger partial charge < -0.3 is 10.2 Å². The normalized spacial score (nSPS) is 18.8. The lowest BCUT2D eigenvalue weighted by Gasteiger charge is -2.22.